The van der Waals surface area contributed by atoms with Gasteiger partial charge in [0.1, 0.15) is 6.73 Å². The van der Waals surface area contributed by atoms with Crippen molar-refractivity contribution in [2.24, 2.45) is 0 Å². The second-order valence-electron chi connectivity index (χ2n) is 2.56. The van der Waals surface area contributed by atoms with Gasteiger partial charge in [0.2, 0.25) is 0 Å². The van der Waals surface area contributed by atoms with Crippen molar-refractivity contribution in [3.05, 3.63) is 29.8 Å². The normalized spacial score (nSPS) is 9.62. The van der Waals surface area contributed by atoms with Crippen molar-refractivity contribution in [3.8, 4) is 0 Å². The van der Waals surface area contributed by atoms with Gasteiger partial charge in [0.05, 0.1) is 6.42 Å². The number of rotatable bonds is 4. The smallest absolute Gasteiger partial charge is 0.307 e. The summed E-state index contributed by atoms with van der Waals surface area (Å²) in [5, 5.41) is 19.9. The van der Waals surface area contributed by atoms with E-state index in [4.69, 9.17) is 10.2 Å². The quantitative estimate of drug-likeness (QED) is 0.597. The zero-order valence-electron chi connectivity index (χ0n) is 7.03. The van der Waals surface area contributed by atoms with Crippen molar-refractivity contribution in [2.75, 3.05) is 12.0 Å². The number of hydrogen-bond donors (Lipinski definition) is 3. The summed E-state index contributed by atoms with van der Waals surface area (Å²) in [6.07, 6.45) is -0.0385. The lowest BCUT2D eigenvalue weighted by atomic mass is 10.1. The topological polar surface area (TPSA) is 69.6 Å². The number of aliphatic carboxylic acids is 1. The minimum absolute atomic E-state index is 0.0385. The molecule has 0 saturated heterocycles. The van der Waals surface area contributed by atoms with E-state index in [1.54, 1.807) is 24.3 Å². The van der Waals surface area contributed by atoms with Crippen LogP contribution < -0.4 is 5.32 Å². The average Bonchev–Trinajstić information content (AvgIpc) is 2.08. The zero-order chi connectivity index (χ0) is 9.68. The van der Waals surface area contributed by atoms with Gasteiger partial charge >= 0.3 is 5.97 Å². The second-order valence-corrected chi connectivity index (χ2v) is 2.56. The Morgan fingerprint density at radius 2 is 2.08 bits per heavy atom. The third-order valence-corrected chi connectivity index (χ3v) is 1.63. The number of hydrogen-bond acceptors (Lipinski definition) is 3. The Morgan fingerprint density at radius 3 is 2.69 bits per heavy atom. The van der Waals surface area contributed by atoms with E-state index in [-0.39, 0.29) is 13.2 Å². The molecule has 13 heavy (non-hydrogen) atoms. The summed E-state index contributed by atoms with van der Waals surface area (Å²) in [7, 11) is 0. The molecule has 0 radical (unpaired) electrons. The van der Waals surface area contributed by atoms with Crippen LogP contribution in [-0.2, 0) is 11.2 Å². The van der Waals surface area contributed by atoms with Gasteiger partial charge in [-0.3, -0.25) is 4.79 Å². The maximum absolute atomic E-state index is 10.4. The van der Waals surface area contributed by atoms with Gasteiger partial charge in [-0.05, 0) is 11.6 Å². The van der Waals surface area contributed by atoms with E-state index in [9.17, 15) is 4.79 Å². The van der Waals surface area contributed by atoms with Crippen molar-refractivity contribution in [1.29, 1.82) is 0 Å². The molecular weight excluding hydrogens is 170 g/mol. The molecule has 1 aromatic carbocycles. The fraction of sp³-hybridized carbons (Fsp3) is 0.222. The minimum atomic E-state index is -0.882. The summed E-state index contributed by atoms with van der Waals surface area (Å²) >= 11 is 0. The van der Waals surface area contributed by atoms with E-state index in [0.717, 1.165) is 0 Å². The van der Waals surface area contributed by atoms with Crippen molar-refractivity contribution in [2.45, 2.75) is 6.42 Å². The predicted octanol–water partition coefficient (Wildman–Crippen LogP) is 0.675. The lowest BCUT2D eigenvalue weighted by molar-refractivity contribution is -0.136. The summed E-state index contributed by atoms with van der Waals surface area (Å²) in [5.41, 5.74) is 1.33. The number of carboxylic acids is 1. The van der Waals surface area contributed by atoms with Gasteiger partial charge in [-0.25, -0.2) is 0 Å². The molecule has 0 unspecified atom stereocenters. The first-order valence-corrected chi connectivity index (χ1v) is 3.88. The van der Waals surface area contributed by atoms with E-state index >= 15 is 0 Å². The first kappa shape index (κ1) is 9.54. The van der Waals surface area contributed by atoms with Crippen LogP contribution >= 0.6 is 0 Å². The number of carboxylic acid groups (broad SMARTS) is 1. The zero-order valence-corrected chi connectivity index (χ0v) is 7.03. The van der Waals surface area contributed by atoms with Gasteiger partial charge in [-0.1, -0.05) is 18.2 Å². The van der Waals surface area contributed by atoms with Crippen LogP contribution in [0.25, 0.3) is 0 Å². The van der Waals surface area contributed by atoms with Gasteiger partial charge in [0.15, 0.2) is 0 Å². The van der Waals surface area contributed by atoms with E-state index in [2.05, 4.69) is 5.32 Å². The number of nitrogens with one attached hydrogen (secondary N) is 1. The molecule has 0 heterocycles. The van der Waals surface area contributed by atoms with Crippen LogP contribution in [0, 0.1) is 0 Å². The van der Waals surface area contributed by atoms with Crippen molar-refractivity contribution in [3.63, 3.8) is 0 Å². The lowest BCUT2D eigenvalue weighted by Crippen LogP contribution is -2.06. The van der Waals surface area contributed by atoms with Crippen LogP contribution in [0.15, 0.2) is 24.3 Å². The second kappa shape index (κ2) is 4.47. The minimum Gasteiger partial charge on any atom is -0.481 e. The molecular formula is C9H11NO3. The highest BCUT2D eigenvalue weighted by Crippen LogP contribution is 2.14. The first-order valence-electron chi connectivity index (χ1n) is 3.88. The Balaban J connectivity index is 2.84. The van der Waals surface area contributed by atoms with Gasteiger partial charge in [0, 0.05) is 5.69 Å². The fourth-order valence-electron chi connectivity index (χ4n) is 1.10. The summed E-state index contributed by atoms with van der Waals surface area (Å²) in [6.45, 7) is -0.198. The number of aliphatic hydroxyl groups excluding tert-OH is 1. The maximum atomic E-state index is 10.4. The number of anilines is 1. The Morgan fingerprint density at radius 1 is 1.38 bits per heavy atom. The SMILES string of the molecule is O=C(O)Cc1ccccc1NCO. The Labute approximate surface area is 75.8 Å². The summed E-state index contributed by atoms with van der Waals surface area (Å²) < 4.78 is 0. The third-order valence-electron chi connectivity index (χ3n) is 1.63. The number of benzene rings is 1. The number of para-hydroxylation sites is 1. The largest absolute Gasteiger partial charge is 0.481 e. The molecule has 0 fully saturated rings. The molecule has 0 atom stereocenters. The molecule has 0 spiro atoms. The van der Waals surface area contributed by atoms with Gasteiger partial charge in [-0.2, -0.15) is 0 Å². The van der Waals surface area contributed by atoms with Crippen molar-refractivity contribution < 1.29 is 15.0 Å². The monoisotopic (exact) mass is 181 g/mol. The molecule has 4 heteroatoms. The van der Waals surface area contributed by atoms with Crippen LogP contribution in [0.4, 0.5) is 5.69 Å². The highest BCUT2D eigenvalue weighted by atomic mass is 16.4. The number of aliphatic hydroxyl groups is 1. The molecule has 70 valence electrons. The molecule has 1 aromatic rings. The summed E-state index contributed by atoms with van der Waals surface area (Å²) in [5.74, 6) is -0.882. The Hall–Kier alpha value is -1.55. The van der Waals surface area contributed by atoms with Gasteiger partial charge in [0.25, 0.3) is 0 Å². The van der Waals surface area contributed by atoms with Crippen molar-refractivity contribution >= 4 is 11.7 Å². The molecule has 0 bridgehead atoms. The van der Waals surface area contributed by atoms with Gasteiger partial charge in [-0.15, -0.1) is 0 Å². The van der Waals surface area contributed by atoms with Crippen LogP contribution in [0.5, 0.6) is 0 Å². The molecule has 0 amide bonds. The molecule has 0 aliphatic carbocycles. The van der Waals surface area contributed by atoms with Crippen LogP contribution in [-0.4, -0.2) is 22.9 Å². The fourth-order valence-corrected chi connectivity index (χ4v) is 1.10. The lowest BCUT2D eigenvalue weighted by Gasteiger charge is -2.07. The van der Waals surface area contributed by atoms with E-state index in [0.29, 0.717) is 11.3 Å². The predicted molar refractivity (Wildman–Crippen MR) is 48.5 cm³/mol. The Bertz CT molecular complexity index is 299. The molecule has 4 nitrogen and oxygen atoms in total. The molecule has 3 N–H and O–H groups in total. The Kier molecular flexibility index (Phi) is 3.28. The molecule has 0 aliphatic rings. The third kappa shape index (κ3) is 2.76. The first-order chi connectivity index (χ1) is 6.24. The molecule has 1 rings (SSSR count). The summed E-state index contributed by atoms with van der Waals surface area (Å²) in [6, 6.07) is 6.99. The van der Waals surface area contributed by atoms with Crippen LogP contribution in [0.1, 0.15) is 5.56 Å². The van der Waals surface area contributed by atoms with E-state index in [1.165, 1.54) is 0 Å². The van der Waals surface area contributed by atoms with E-state index < -0.39 is 5.97 Å². The standard InChI is InChI=1S/C9H11NO3/c11-6-10-8-4-2-1-3-7(8)5-9(12)13/h1-4,10-11H,5-6H2,(H,12,13). The average molecular weight is 181 g/mol. The molecule has 0 aliphatic heterocycles. The maximum Gasteiger partial charge on any atom is 0.307 e. The van der Waals surface area contributed by atoms with Crippen LogP contribution in [0.2, 0.25) is 0 Å². The van der Waals surface area contributed by atoms with Gasteiger partial charge < -0.3 is 15.5 Å². The van der Waals surface area contributed by atoms with Crippen molar-refractivity contribution in [1.82, 2.24) is 0 Å². The molecule has 0 saturated carbocycles. The van der Waals surface area contributed by atoms with E-state index in [1.807, 2.05) is 0 Å². The number of carbonyl (C=O) groups is 1. The van der Waals surface area contributed by atoms with Crippen LogP contribution in [0.3, 0.4) is 0 Å². The summed E-state index contributed by atoms with van der Waals surface area (Å²) in [4.78, 5) is 10.4. The highest BCUT2D eigenvalue weighted by Gasteiger charge is 2.04. The highest BCUT2D eigenvalue weighted by molar-refractivity contribution is 5.73. The molecule has 0 aromatic heterocycles.